The van der Waals surface area contributed by atoms with Crippen molar-refractivity contribution in [2.75, 3.05) is 13.1 Å². The monoisotopic (exact) mass is 376 g/mol. The lowest BCUT2D eigenvalue weighted by Gasteiger charge is -2.49. The molecule has 3 rings (SSSR count). The highest BCUT2D eigenvalue weighted by molar-refractivity contribution is 5.76. The third-order valence-corrected chi connectivity index (χ3v) is 4.74. The van der Waals surface area contributed by atoms with Crippen LogP contribution in [0.25, 0.3) is 0 Å². The zero-order chi connectivity index (χ0) is 19.4. The van der Waals surface area contributed by atoms with E-state index in [1.54, 1.807) is 20.8 Å². The Kier molecular flexibility index (Phi) is 4.25. The predicted molar refractivity (Wildman–Crippen MR) is 84.4 cm³/mol. The van der Waals surface area contributed by atoms with Crippen LogP contribution in [-0.2, 0) is 11.2 Å². The van der Waals surface area contributed by atoms with Crippen LogP contribution in [0.4, 0.5) is 18.0 Å². The lowest BCUT2D eigenvalue weighted by atomic mass is 9.97. The summed E-state index contributed by atoms with van der Waals surface area (Å²) < 4.78 is 50.7. The first-order valence-electron chi connectivity index (χ1n) is 8.46. The van der Waals surface area contributed by atoms with Crippen LogP contribution >= 0.6 is 0 Å². The molecule has 1 saturated carbocycles. The van der Waals surface area contributed by atoms with Crippen molar-refractivity contribution in [2.45, 2.75) is 69.9 Å². The molecule has 2 amide bonds. The molecule has 1 unspecified atom stereocenters. The van der Waals surface area contributed by atoms with Gasteiger partial charge in [-0.3, -0.25) is 0 Å². The molecule has 146 valence electrons. The molecular formula is C16H23F3N4O3. The second kappa shape index (κ2) is 5.83. The van der Waals surface area contributed by atoms with Gasteiger partial charge in [-0.2, -0.15) is 18.2 Å². The van der Waals surface area contributed by atoms with Gasteiger partial charge in [0.2, 0.25) is 5.89 Å². The van der Waals surface area contributed by atoms with Crippen LogP contribution < -0.4 is 5.32 Å². The number of aromatic nitrogens is 2. The summed E-state index contributed by atoms with van der Waals surface area (Å²) in [7, 11) is 0. The maximum absolute atomic E-state index is 13.4. The Labute approximate surface area is 149 Å². The van der Waals surface area contributed by atoms with Gasteiger partial charge in [-0.15, -0.1) is 0 Å². The van der Waals surface area contributed by atoms with E-state index in [-0.39, 0.29) is 6.54 Å². The highest BCUT2D eigenvalue weighted by Gasteiger charge is 2.59. The molecule has 2 aliphatic rings. The molecule has 1 atom stereocenters. The summed E-state index contributed by atoms with van der Waals surface area (Å²) in [5.74, 6) is 0.903. The second-order valence-electron chi connectivity index (χ2n) is 8.07. The van der Waals surface area contributed by atoms with Crippen LogP contribution in [0.5, 0.6) is 0 Å². The molecule has 1 saturated heterocycles. The molecule has 0 spiro atoms. The van der Waals surface area contributed by atoms with Gasteiger partial charge in [-0.1, -0.05) is 5.16 Å². The van der Waals surface area contributed by atoms with Crippen molar-refractivity contribution in [3.63, 3.8) is 0 Å². The van der Waals surface area contributed by atoms with Gasteiger partial charge < -0.3 is 19.5 Å². The Bertz CT molecular complexity index is 699. The van der Waals surface area contributed by atoms with Crippen LogP contribution in [0, 0.1) is 6.92 Å². The van der Waals surface area contributed by atoms with E-state index in [2.05, 4.69) is 15.5 Å². The number of morpholine rings is 1. The molecule has 0 bridgehead atoms. The fourth-order valence-corrected chi connectivity index (χ4v) is 3.35. The van der Waals surface area contributed by atoms with Crippen LogP contribution in [0.15, 0.2) is 4.52 Å². The topological polar surface area (TPSA) is 80.5 Å². The summed E-state index contributed by atoms with van der Waals surface area (Å²) in [5, 5.41) is 6.57. The summed E-state index contributed by atoms with van der Waals surface area (Å²) in [5.41, 5.74) is -4.06. The highest BCUT2D eigenvalue weighted by Crippen LogP contribution is 2.42. The van der Waals surface area contributed by atoms with Gasteiger partial charge in [0.15, 0.2) is 11.4 Å². The molecule has 0 radical (unpaired) electrons. The van der Waals surface area contributed by atoms with Gasteiger partial charge in [0.05, 0.1) is 30.7 Å². The van der Waals surface area contributed by atoms with Gasteiger partial charge >= 0.3 is 12.2 Å². The highest BCUT2D eigenvalue weighted by atomic mass is 19.4. The zero-order valence-corrected chi connectivity index (χ0v) is 15.2. The average molecular weight is 376 g/mol. The summed E-state index contributed by atoms with van der Waals surface area (Å²) >= 11 is 0. The van der Waals surface area contributed by atoms with Crippen molar-refractivity contribution in [2.24, 2.45) is 0 Å². The Morgan fingerprint density at radius 3 is 2.42 bits per heavy atom. The number of carbonyl (C=O) groups is 1. The lowest BCUT2D eigenvalue weighted by molar-refractivity contribution is -0.318. The fourth-order valence-electron chi connectivity index (χ4n) is 3.35. The van der Waals surface area contributed by atoms with E-state index < -0.39 is 35.5 Å². The first kappa shape index (κ1) is 18.9. The number of ether oxygens (including phenoxy) is 1. The summed E-state index contributed by atoms with van der Waals surface area (Å²) in [6.45, 7) is 5.28. The standard InChI is InChI=1S/C16H23F3N4O3/c1-10-20-11(25-22-10)7-15(5-6-15)21-12(24)23-8-13(2,3)26-14(4,9-23)16(17,18)19/h5-9H2,1-4H3,(H,21,24). The van der Waals surface area contributed by atoms with Crippen molar-refractivity contribution < 1.29 is 27.2 Å². The fraction of sp³-hybridized carbons (Fsp3) is 0.812. The number of alkyl halides is 3. The molecule has 1 aromatic heterocycles. The van der Waals surface area contributed by atoms with Crippen molar-refractivity contribution in [3.05, 3.63) is 11.7 Å². The molecule has 0 aromatic carbocycles. The largest absolute Gasteiger partial charge is 0.418 e. The van der Waals surface area contributed by atoms with Crippen LogP contribution in [0.3, 0.4) is 0 Å². The maximum atomic E-state index is 13.4. The summed E-state index contributed by atoms with van der Waals surface area (Å²) in [6, 6.07) is -0.536. The predicted octanol–water partition coefficient (Wildman–Crippen LogP) is 2.59. The molecule has 1 aromatic rings. The number of aryl methyl sites for hydroxylation is 1. The number of hydrogen-bond acceptors (Lipinski definition) is 5. The van der Waals surface area contributed by atoms with Crippen molar-refractivity contribution >= 4 is 6.03 Å². The smallest absolute Gasteiger partial charge is 0.356 e. The van der Waals surface area contributed by atoms with Gasteiger partial charge in [-0.05, 0) is 40.5 Å². The minimum atomic E-state index is -4.58. The van der Waals surface area contributed by atoms with E-state index in [1.165, 1.54) is 4.90 Å². The first-order valence-corrected chi connectivity index (χ1v) is 8.46. The third-order valence-electron chi connectivity index (χ3n) is 4.74. The van der Waals surface area contributed by atoms with E-state index in [0.717, 1.165) is 6.92 Å². The molecule has 1 aliphatic carbocycles. The lowest BCUT2D eigenvalue weighted by Crippen LogP contribution is -2.66. The minimum Gasteiger partial charge on any atom is -0.356 e. The van der Waals surface area contributed by atoms with Crippen LogP contribution in [-0.4, -0.2) is 57.1 Å². The van der Waals surface area contributed by atoms with Gasteiger partial charge in [-0.25, -0.2) is 4.79 Å². The van der Waals surface area contributed by atoms with E-state index in [1.807, 2.05) is 0 Å². The number of rotatable bonds is 3. The summed E-state index contributed by atoms with van der Waals surface area (Å²) in [4.78, 5) is 18.0. The van der Waals surface area contributed by atoms with Gasteiger partial charge in [0.1, 0.15) is 0 Å². The van der Waals surface area contributed by atoms with Crippen molar-refractivity contribution in [3.8, 4) is 0 Å². The molecule has 2 fully saturated rings. The maximum Gasteiger partial charge on any atom is 0.418 e. The zero-order valence-electron chi connectivity index (χ0n) is 15.2. The Balaban J connectivity index is 1.70. The normalized spacial score (nSPS) is 27.3. The summed E-state index contributed by atoms with van der Waals surface area (Å²) in [6.07, 6.45) is -2.79. The molecule has 1 aliphatic heterocycles. The molecule has 1 N–H and O–H groups in total. The average Bonchev–Trinajstić information content (AvgIpc) is 3.08. The second-order valence-corrected chi connectivity index (χ2v) is 8.07. The molecular weight excluding hydrogens is 353 g/mol. The van der Waals surface area contributed by atoms with Crippen molar-refractivity contribution in [1.29, 1.82) is 0 Å². The van der Waals surface area contributed by atoms with Crippen molar-refractivity contribution in [1.82, 2.24) is 20.4 Å². The van der Waals surface area contributed by atoms with E-state index in [9.17, 15) is 18.0 Å². The van der Waals surface area contributed by atoms with E-state index in [4.69, 9.17) is 9.26 Å². The Morgan fingerprint density at radius 1 is 1.27 bits per heavy atom. The van der Waals surface area contributed by atoms with Crippen LogP contribution in [0.2, 0.25) is 0 Å². The molecule has 26 heavy (non-hydrogen) atoms. The number of nitrogens with one attached hydrogen (secondary N) is 1. The SMILES string of the molecule is Cc1noc(CC2(NC(=O)N3CC(C)(C)OC(C)(C(F)(F)F)C3)CC2)n1. The number of carbonyl (C=O) groups excluding carboxylic acids is 1. The van der Waals surface area contributed by atoms with E-state index >= 15 is 0 Å². The number of amides is 2. The Hall–Kier alpha value is -1.84. The van der Waals surface area contributed by atoms with Crippen LogP contribution in [0.1, 0.15) is 45.3 Å². The molecule has 2 heterocycles. The number of hydrogen-bond donors (Lipinski definition) is 1. The Morgan fingerprint density at radius 2 is 1.92 bits per heavy atom. The van der Waals surface area contributed by atoms with E-state index in [0.29, 0.717) is 31.0 Å². The minimum absolute atomic E-state index is 0.0697. The number of nitrogens with zero attached hydrogens (tertiary/aromatic N) is 3. The molecule has 7 nitrogen and oxygen atoms in total. The first-order chi connectivity index (χ1) is 11.8. The van der Waals surface area contributed by atoms with Gasteiger partial charge in [0, 0.05) is 0 Å². The quantitative estimate of drug-likeness (QED) is 0.877. The number of urea groups is 1. The number of halogens is 3. The van der Waals surface area contributed by atoms with Gasteiger partial charge in [0.25, 0.3) is 0 Å². The molecule has 10 heteroatoms. The third kappa shape index (κ3) is 3.79.